The molecule has 0 aliphatic rings. The van der Waals surface area contributed by atoms with Crippen LogP contribution < -0.4 is 0 Å². The van der Waals surface area contributed by atoms with Crippen LogP contribution in [0.25, 0.3) is 0 Å². The molecule has 0 rings (SSSR count). The lowest BCUT2D eigenvalue weighted by Crippen LogP contribution is -2.01. The lowest BCUT2D eigenvalue weighted by molar-refractivity contribution is 0.243. The van der Waals surface area contributed by atoms with Gasteiger partial charge in [-0.15, -0.1) is 0 Å². The van der Waals surface area contributed by atoms with Crippen molar-refractivity contribution < 1.29 is 5.11 Å². The molecular formula is C14H28O. The zero-order valence-corrected chi connectivity index (χ0v) is 10.5. The molecule has 0 aromatic heterocycles. The van der Waals surface area contributed by atoms with Crippen molar-refractivity contribution in [3.05, 3.63) is 12.2 Å². The molecule has 0 spiro atoms. The van der Waals surface area contributed by atoms with Gasteiger partial charge in [0, 0.05) is 6.61 Å². The topological polar surface area (TPSA) is 20.2 Å². The van der Waals surface area contributed by atoms with Crippen LogP contribution in [0, 0.1) is 5.92 Å². The normalized spacial score (nSPS) is 13.5. The molecule has 0 bridgehead atoms. The van der Waals surface area contributed by atoms with Gasteiger partial charge in [-0.1, -0.05) is 64.0 Å². The number of rotatable bonds is 10. The van der Waals surface area contributed by atoms with Crippen LogP contribution in [-0.2, 0) is 0 Å². The summed E-state index contributed by atoms with van der Waals surface area (Å²) in [4.78, 5) is 0. The molecule has 0 saturated heterocycles. The zero-order valence-electron chi connectivity index (χ0n) is 10.5. The van der Waals surface area contributed by atoms with E-state index < -0.39 is 0 Å². The number of unbranched alkanes of at least 4 members (excludes halogenated alkanes) is 6. The van der Waals surface area contributed by atoms with Crippen LogP contribution in [0.5, 0.6) is 0 Å². The van der Waals surface area contributed by atoms with Crippen LogP contribution in [0.3, 0.4) is 0 Å². The summed E-state index contributed by atoms with van der Waals surface area (Å²) < 4.78 is 0. The second-order valence-corrected chi connectivity index (χ2v) is 4.38. The quantitative estimate of drug-likeness (QED) is 0.422. The maximum atomic E-state index is 9.08. The number of allylic oxidation sites excluding steroid dienone is 1. The van der Waals surface area contributed by atoms with Crippen LogP contribution in [-0.4, -0.2) is 11.7 Å². The minimum Gasteiger partial charge on any atom is -0.396 e. The Morgan fingerprint density at radius 1 is 1.00 bits per heavy atom. The second kappa shape index (κ2) is 11.8. The summed E-state index contributed by atoms with van der Waals surface area (Å²) in [6, 6.07) is 0. The Morgan fingerprint density at radius 3 is 2.13 bits per heavy atom. The lowest BCUT2D eigenvalue weighted by Gasteiger charge is -2.08. The second-order valence-electron chi connectivity index (χ2n) is 4.38. The summed E-state index contributed by atoms with van der Waals surface area (Å²) in [5.41, 5.74) is 0. The van der Waals surface area contributed by atoms with E-state index in [1.165, 1.54) is 44.9 Å². The molecule has 1 heteroatoms. The van der Waals surface area contributed by atoms with Crippen LogP contribution in [0.15, 0.2) is 12.2 Å². The van der Waals surface area contributed by atoms with Crippen molar-refractivity contribution in [1.29, 1.82) is 0 Å². The molecule has 15 heavy (non-hydrogen) atoms. The highest BCUT2D eigenvalue weighted by atomic mass is 16.3. The molecule has 0 fully saturated rings. The number of aliphatic hydroxyl groups is 1. The highest BCUT2D eigenvalue weighted by Crippen LogP contribution is 2.13. The minimum absolute atomic E-state index is 0.306. The van der Waals surface area contributed by atoms with Gasteiger partial charge in [-0.2, -0.15) is 0 Å². The molecule has 0 saturated carbocycles. The van der Waals surface area contributed by atoms with Crippen LogP contribution in [0.1, 0.15) is 65.2 Å². The van der Waals surface area contributed by atoms with Crippen LogP contribution >= 0.6 is 0 Å². The summed E-state index contributed by atoms with van der Waals surface area (Å²) in [6.45, 7) is 4.58. The Bertz CT molecular complexity index is 140. The van der Waals surface area contributed by atoms with E-state index in [1.54, 1.807) is 0 Å². The average Bonchev–Trinajstić information content (AvgIpc) is 2.26. The minimum atomic E-state index is 0.306. The Kier molecular flexibility index (Phi) is 11.5. The molecule has 1 atom stereocenters. The number of hydrogen-bond donors (Lipinski definition) is 1. The summed E-state index contributed by atoms with van der Waals surface area (Å²) in [6.07, 6.45) is 14.8. The Labute approximate surface area is 95.6 Å². The van der Waals surface area contributed by atoms with Crippen molar-refractivity contribution in [2.45, 2.75) is 65.2 Å². The Balaban J connectivity index is 3.21. The molecule has 0 amide bonds. The predicted molar refractivity (Wildman–Crippen MR) is 68.0 cm³/mol. The zero-order chi connectivity index (χ0) is 11.4. The maximum absolute atomic E-state index is 9.08. The van der Waals surface area contributed by atoms with E-state index in [0.29, 0.717) is 12.5 Å². The highest BCUT2D eigenvalue weighted by molar-refractivity contribution is 4.84. The van der Waals surface area contributed by atoms with E-state index in [1.807, 2.05) is 13.0 Å². The van der Waals surface area contributed by atoms with E-state index in [0.717, 1.165) is 6.42 Å². The van der Waals surface area contributed by atoms with Gasteiger partial charge in [-0.3, -0.25) is 0 Å². The smallest absolute Gasteiger partial charge is 0.0493 e. The maximum Gasteiger partial charge on any atom is 0.0493 e. The molecule has 1 N–H and O–H groups in total. The third-order valence-electron chi connectivity index (χ3n) is 2.88. The van der Waals surface area contributed by atoms with Gasteiger partial charge in [-0.25, -0.2) is 0 Å². The third-order valence-corrected chi connectivity index (χ3v) is 2.88. The fourth-order valence-corrected chi connectivity index (χ4v) is 1.88. The van der Waals surface area contributed by atoms with Gasteiger partial charge >= 0.3 is 0 Å². The van der Waals surface area contributed by atoms with Crippen molar-refractivity contribution in [2.24, 2.45) is 5.92 Å². The first-order valence-corrected chi connectivity index (χ1v) is 6.58. The molecule has 90 valence electrons. The van der Waals surface area contributed by atoms with Crippen molar-refractivity contribution in [2.75, 3.05) is 6.61 Å². The molecule has 1 unspecified atom stereocenters. The Hall–Kier alpha value is -0.300. The van der Waals surface area contributed by atoms with Gasteiger partial charge in [0.15, 0.2) is 0 Å². The molecule has 0 aliphatic carbocycles. The van der Waals surface area contributed by atoms with Gasteiger partial charge in [-0.05, 0) is 19.3 Å². The fraction of sp³-hybridized carbons (Fsp3) is 0.857. The van der Waals surface area contributed by atoms with Crippen LogP contribution in [0.2, 0.25) is 0 Å². The molecule has 0 radical (unpaired) electrons. The van der Waals surface area contributed by atoms with Crippen molar-refractivity contribution >= 4 is 0 Å². The van der Waals surface area contributed by atoms with Crippen molar-refractivity contribution in [3.8, 4) is 0 Å². The molecule has 1 nitrogen and oxygen atoms in total. The number of hydrogen-bond acceptors (Lipinski definition) is 1. The first kappa shape index (κ1) is 14.7. The van der Waals surface area contributed by atoms with E-state index >= 15 is 0 Å². The van der Waals surface area contributed by atoms with Gasteiger partial charge in [0.25, 0.3) is 0 Å². The molecule has 0 aliphatic heterocycles. The molecule has 0 heterocycles. The van der Waals surface area contributed by atoms with E-state index in [2.05, 4.69) is 13.0 Å². The monoisotopic (exact) mass is 212 g/mol. The molecule has 0 aromatic rings. The standard InChI is InChI=1S/C14H28O/c1-3-5-6-7-8-9-10-12-14(13-15)11-4-2/h4,11,14-15H,3,5-10,12-13H2,1-2H3. The van der Waals surface area contributed by atoms with Gasteiger partial charge in [0.1, 0.15) is 0 Å². The largest absolute Gasteiger partial charge is 0.396 e. The average molecular weight is 212 g/mol. The highest BCUT2D eigenvalue weighted by Gasteiger charge is 2.01. The van der Waals surface area contributed by atoms with Gasteiger partial charge in [0.2, 0.25) is 0 Å². The van der Waals surface area contributed by atoms with E-state index in [-0.39, 0.29) is 0 Å². The summed E-state index contributed by atoms with van der Waals surface area (Å²) in [7, 11) is 0. The van der Waals surface area contributed by atoms with Gasteiger partial charge in [0.05, 0.1) is 0 Å². The SMILES string of the molecule is CC=CC(CO)CCCCCCCCC. The van der Waals surface area contributed by atoms with E-state index in [9.17, 15) is 0 Å². The summed E-state index contributed by atoms with van der Waals surface area (Å²) in [5, 5.41) is 9.08. The fourth-order valence-electron chi connectivity index (χ4n) is 1.88. The third kappa shape index (κ3) is 9.99. The molecular weight excluding hydrogens is 184 g/mol. The first-order chi connectivity index (χ1) is 7.35. The Morgan fingerprint density at radius 2 is 1.60 bits per heavy atom. The lowest BCUT2D eigenvalue weighted by atomic mass is 10.0. The summed E-state index contributed by atoms with van der Waals surface area (Å²) >= 11 is 0. The van der Waals surface area contributed by atoms with E-state index in [4.69, 9.17) is 5.11 Å². The first-order valence-electron chi connectivity index (χ1n) is 6.58. The van der Waals surface area contributed by atoms with Crippen LogP contribution in [0.4, 0.5) is 0 Å². The van der Waals surface area contributed by atoms with Crippen molar-refractivity contribution in [1.82, 2.24) is 0 Å². The van der Waals surface area contributed by atoms with Gasteiger partial charge < -0.3 is 5.11 Å². The summed E-state index contributed by atoms with van der Waals surface area (Å²) in [5.74, 6) is 0.394. The predicted octanol–water partition coefficient (Wildman–Crippen LogP) is 4.31. The number of aliphatic hydroxyl groups excluding tert-OH is 1. The molecule has 0 aromatic carbocycles. The van der Waals surface area contributed by atoms with Crippen molar-refractivity contribution in [3.63, 3.8) is 0 Å².